The molecule has 1 amide bonds. The molecule has 0 bridgehead atoms. The van der Waals surface area contributed by atoms with Gasteiger partial charge in [-0.1, -0.05) is 18.2 Å². The molecule has 1 N–H and O–H groups in total. The SMILES string of the molecule is O=C(Nc1ccn(-c2ccccc2)n1)c1ccc(F)c(F)c1. The number of hydrogen-bond acceptors (Lipinski definition) is 2. The fourth-order valence-electron chi connectivity index (χ4n) is 1.94. The van der Waals surface area contributed by atoms with Gasteiger partial charge in [0.15, 0.2) is 17.5 Å². The second-order valence-corrected chi connectivity index (χ2v) is 4.56. The van der Waals surface area contributed by atoms with E-state index >= 15 is 0 Å². The minimum absolute atomic E-state index is 0.0214. The average Bonchev–Trinajstić information content (AvgIpc) is 2.99. The third-order valence-electron chi connectivity index (χ3n) is 3.03. The summed E-state index contributed by atoms with van der Waals surface area (Å²) in [6, 6.07) is 14.0. The Morgan fingerprint density at radius 2 is 1.77 bits per heavy atom. The van der Waals surface area contributed by atoms with Crippen molar-refractivity contribution < 1.29 is 13.6 Å². The van der Waals surface area contributed by atoms with Gasteiger partial charge in [0.1, 0.15) is 0 Å². The van der Waals surface area contributed by atoms with E-state index in [1.807, 2.05) is 30.3 Å². The Kier molecular flexibility index (Phi) is 3.65. The van der Waals surface area contributed by atoms with Crippen LogP contribution < -0.4 is 5.32 Å². The van der Waals surface area contributed by atoms with Gasteiger partial charge in [-0.15, -0.1) is 0 Å². The van der Waals surface area contributed by atoms with E-state index in [9.17, 15) is 13.6 Å². The lowest BCUT2D eigenvalue weighted by molar-refractivity contribution is 0.102. The zero-order valence-corrected chi connectivity index (χ0v) is 11.3. The molecule has 0 saturated carbocycles. The number of halogens is 2. The van der Waals surface area contributed by atoms with Crippen molar-refractivity contribution in [1.82, 2.24) is 9.78 Å². The van der Waals surface area contributed by atoms with Crippen LogP contribution in [0, 0.1) is 11.6 Å². The van der Waals surface area contributed by atoms with E-state index in [1.165, 1.54) is 6.07 Å². The van der Waals surface area contributed by atoms with E-state index in [1.54, 1.807) is 16.9 Å². The van der Waals surface area contributed by atoms with Crippen LogP contribution in [-0.4, -0.2) is 15.7 Å². The number of amides is 1. The summed E-state index contributed by atoms with van der Waals surface area (Å²) in [6.45, 7) is 0. The van der Waals surface area contributed by atoms with Crippen LogP contribution in [0.15, 0.2) is 60.8 Å². The van der Waals surface area contributed by atoms with Gasteiger partial charge in [-0.2, -0.15) is 5.10 Å². The van der Waals surface area contributed by atoms with E-state index in [0.29, 0.717) is 5.82 Å². The summed E-state index contributed by atoms with van der Waals surface area (Å²) in [4.78, 5) is 12.0. The standard InChI is InChI=1S/C16H11F2N3O/c17-13-7-6-11(10-14(13)18)16(22)19-15-8-9-21(20-15)12-4-2-1-3-5-12/h1-10H,(H,19,20,22). The van der Waals surface area contributed by atoms with Crippen LogP contribution in [0.25, 0.3) is 5.69 Å². The lowest BCUT2D eigenvalue weighted by atomic mass is 10.2. The monoisotopic (exact) mass is 299 g/mol. The number of benzene rings is 2. The van der Waals surface area contributed by atoms with Gasteiger partial charge in [0.25, 0.3) is 5.91 Å². The molecule has 0 spiro atoms. The van der Waals surface area contributed by atoms with Crippen molar-refractivity contribution in [1.29, 1.82) is 0 Å². The third-order valence-corrected chi connectivity index (χ3v) is 3.03. The van der Waals surface area contributed by atoms with E-state index < -0.39 is 17.5 Å². The number of carbonyl (C=O) groups is 1. The average molecular weight is 299 g/mol. The minimum atomic E-state index is -1.07. The first-order valence-electron chi connectivity index (χ1n) is 6.51. The van der Waals surface area contributed by atoms with Crippen LogP contribution in [0.5, 0.6) is 0 Å². The summed E-state index contributed by atoms with van der Waals surface area (Å²) < 4.78 is 27.6. The second-order valence-electron chi connectivity index (χ2n) is 4.56. The highest BCUT2D eigenvalue weighted by atomic mass is 19.2. The molecule has 2 aromatic carbocycles. The number of hydrogen-bond donors (Lipinski definition) is 1. The normalized spacial score (nSPS) is 10.5. The van der Waals surface area contributed by atoms with Crippen LogP contribution in [0.1, 0.15) is 10.4 Å². The van der Waals surface area contributed by atoms with Crippen LogP contribution >= 0.6 is 0 Å². The largest absolute Gasteiger partial charge is 0.305 e. The molecule has 0 radical (unpaired) electrons. The highest BCUT2D eigenvalue weighted by molar-refractivity contribution is 6.03. The molecule has 0 aliphatic rings. The molecule has 4 nitrogen and oxygen atoms in total. The molecule has 0 aliphatic carbocycles. The number of aromatic nitrogens is 2. The summed E-state index contributed by atoms with van der Waals surface area (Å²) >= 11 is 0. The van der Waals surface area contributed by atoms with E-state index in [2.05, 4.69) is 10.4 Å². The Bertz CT molecular complexity index is 815. The molecule has 1 heterocycles. The zero-order valence-electron chi connectivity index (χ0n) is 11.3. The number of para-hydroxylation sites is 1. The van der Waals surface area contributed by atoms with Gasteiger partial charge in [0, 0.05) is 17.8 Å². The molecule has 6 heteroatoms. The number of anilines is 1. The zero-order chi connectivity index (χ0) is 15.5. The van der Waals surface area contributed by atoms with Crippen molar-refractivity contribution in [3.05, 3.63) is 78.0 Å². The van der Waals surface area contributed by atoms with Crippen molar-refractivity contribution in [3.8, 4) is 5.69 Å². The number of rotatable bonds is 3. The third kappa shape index (κ3) is 2.85. The fourth-order valence-corrected chi connectivity index (χ4v) is 1.94. The lowest BCUT2D eigenvalue weighted by Crippen LogP contribution is -2.13. The molecule has 0 saturated heterocycles. The van der Waals surface area contributed by atoms with Crippen LogP contribution in [0.3, 0.4) is 0 Å². The van der Waals surface area contributed by atoms with Gasteiger partial charge in [0.05, 0.1) is 5.69 Å². The summed E-state index contributed by atoms with van der Waals surface area (Å²) in [5.74, 6) is -2.30. The summed E-state index contributed by atoms with van der Waals surface area (Å²) in [5, 5.41) is 6.74. The topological polar surface area (TPSA) is 46.9 Å². The van der Waals surface area contributed by atoms with Gasteiger partial charge in [-0.3, -0.25) is 4.79 Å². The van der Waals surface area contributed by atoms with E-state index in [-0.39, 0.29) is 5.56 Å². The molecule has 0 fully saturated rings. The highest BCUT2D eigenvalue weighted by Gasteiger charge is 2.11. The molecular formula is C16H11F2N3O. The van der Waals surface area contributed by atoms with Crippen molar-refractivity contribution in [2.45, 2.75) is 0 Å². The molecule has 3 rings (SSSR count). The number of carbonyl (C=O) groups excluding carboxylic acids is 1. The fraction of sp³-hybridized carbons (Fsp3) is 0. The predicted molar refractivity (Wildman–Crippen MR) is 77.9 cm³/mol. The first-order valence-corrected chi connectivity index (χ1v) is 6.51. The van der Waals surface area contributed by atoms with E-state index in [4.69, 9.17) is 0 Å². The minimum Gasteiger partial charge on any atom is -0.305 e. The maximum Gasteiger partial charge on any atom is 0.256 e. The van der Waals surface area contributed by atoms with Crippen LogP contribution in [-0.2, 0) is 0 Å². The Morgan fingerprint density at radius 3 is 2.50 bits per heavy atom. The number of nitrogens with zero attached hydrogens (tertiary/aromatic N) is 2. The quantitative estimate of drug-likeness (QED) is 0.805. The van der Waals surface area contributed by atoms with Gasteiger partial charge < -0.3 is 5.32 Å². The molecule has 22 heavy (non-hydrogen) atoms. The van der Waals surface area contributed by atoms with Crippen LogP contribution in [0.4, 0.5) is 14.6 Å². The molecule has 110 valence electrons. The molecule has 0 aliphatic heterocycles. The van der Waals surface area contributed by atoms with Crippen molar-refractivity contribution in [2.24, 2.45) is 0 Å². The molecule has 0 unspecified atom stereocenters. The Hall–Kier alpha value is -3.02. The maximum absolute atomic E-state index is 13.1. The van der Waals surface area contributed by atoms with Gasteiger partial charge in [0.2, 0.25) is 0 Å². The highest BCUT2D eigenvalue weighted by Crippen LogP contribution is 2.13. The van der Waals surface area contributed by atoms with Gasteiger partial charge >= 0.3 is 0 Å². The van der Waals surface area contributed by atoms with Crippen molar-refractivity contribution >= 4 is 11.7 Å². The Morgan fingerprint density at radius 1 is 1.00 bits per heavy atom. The molecule has 1 aromatic heterocycles. The maximum atomic E-state index is 13.1. The smallest absolute Gasteiger partial charge is 0.256 e. The summed E-state index contributed by atoms with van der Waals surface area (Å²) in [5.41, 5.74) is 0.865. The first kappa shape index (κ1) is 13.9. The second kappa shape index (κ2) is 5.77. The summed E-state index contributed by atoms with van der Waals surface area (Å²) in [7, 11) is 0. The molecule has 0 atom stereocenters. The van der Waals surface area contributed by atoms with Crippen LogP contribution in [0.2, 0.25) is 0 Å². The van der Waals surface area contributed by atoms with Crippen molar-refractivity contribution in [2.75, 3.05) is 5.32 Å². The van der Waals surface area contributed by atoms with E-state index in [0.717, 1.165) is 17.8 Å². The van der Waals surface area contributed by atoms with Gasteiger partial charge in [-0.05, 0) is 30.3 Å². The van der Waals surface area contributed by atoms with Crippen molar-refractivity contribution in [3.63, 3.8) is 0 Å². The Labute approximate surface area is 125 Å². The first-order chi connectivity index (χ1) is 10.6. The molecular weight excluding hydrogens is 288 g/mol. The number of nitrogens with one attached hydrogen (secondary N) is 1. The summed E-state index contributed by atoms with van der Waals surface area (Å²) in [6.07, 6.45) is 1.69. The predicted octanol–water partition coefficient (Wildman–Crippen LogP) is 3.40. The van der Waals surface area contributed by atoms with Gasteiger partial charge in [-0.25, -0.2) is 13.5 Å². The Balaban J connectivity index is 1.77. The molecule has 3 aromatic rings. The lowest BCUT2D eigenvalue weighted by Gasteiger charge is -2.03.